The topological polar surface area (TPSA) is 40.5 Å². The summed E-state index contributed by atoms with van der Waals surface area (Å²) in [6.07, 6.45) is -1.82. The minimum absolute atomic E-state index is 0.241. The number of nitrogens with zero attached hydrogens (tertiary/aromatic N) is 1. The number of hydrogen-bond acceptors (Lipinski definition) is 2. The summed E-state index contributed by atoms with van der Waals surface area (Å²) >= 11 is 0. The molecule has 0 aliphatic heterocycles. The molecular weight excluding hydrogens is 295 g/mol. The fourth-order valence-electron chi connectivity index (χ4n) is 2.02. The van der Waals surface area contributed by atoms with Crippen molar-refractivity contribution in [3.05, 3.63) is 35.4 Å². The summed E-state index contributed by atoms with van der Waals surface area (Å²) in [5.74, 6) is -0.241. The van der Waals surface area contributed by atoms with E-state index in [9.17, 15) is 23.1 Å². The van der Waals surface area contributed by atoms with Crippen LogP contribution in [0, 0.1) is 0 Å². The van der Waals surface area contributed by atoms with Gasteiger partial charge in [0.05, 0.1) is 0 Å². The van der Waals surface area contributed by atoms with Crippen LogP contribution in [-0.2, 0) is 5.60 Å². The number of unbranched alkanes of at least 4 members (excludes halogenated alkanes) is 2. The Kier molecular flexibility index (Phi) is 6.00. The van der Waals surface area contributed by atoms with E-state index in [4.69, 9.17) is 0 Å². The Hall–Kier alpha value is -1.56. The van der Waals surface area contributed by atoms with Gasteiger partial charge in [-0.25, -0.2) is 0 Å². The first kappa shape index (κ1) is 18.5. The highest BCUT2D eigenvalue weighted by molar-refractivity contribution is 5.94. The highest BCUT2D eigenvalue weighted by atomic mass is 19.4. The van der Waals surface area contributed by atoms with E-state index in [1.54, 1.807) is 11.9 Å². The second-order valence-electron chi connectivity index (χ2n) is 5.58. The molecule has 0 fully saturated rings. The number of carbonyl (C=O) groups is 1. The zero-order valence-corrected chi connectivity index (χ0v) is 13.1. The van der Waals surface area contributed by atoms with Crippen molar-refractivity contribution in [1.29, 1.82) is 0 Å². The summed E-state index contributed by atoms with van der Waals surface area (Å²) in [7, 11) is 1.66. The molecule has 1 rings (SSSR count). The summed E-state index contributed by atoms with van der Waals surface area (Å²) in [6, 6.07) is 4.91. The fourth-order valence-corrected chi connectivity index (χ4v) is 2.02. The number of aliphatic hydroxyl groups is 1. The molecule has 1 amide bonds. The van der Waals surface area contributed by atoms with Gasteiger partial charge in [-0.2, -0.15) is 13.2 Å². The maximum Gasteiger partial charge on any atom is 0.421 e. The molecule has 0 radical (unpaired) electrons. The van der Waals surface area contributed by atoms with Gasteiger partial charge in [0, 0.05) is 19.2 Å². The number of alkyl halides is 3. The first-order valence-corrected chi connectivity index (χ1v) is 7.26. The number of halogens is 3. The summed E-state index contributed by atoms with van der Waals surface area (Å²) in [6.45, 7) is 3.36. The largest absolute Gasteiger partial charge is 0.421 e. The molecule has 6 heteroatoms. The van der Waals surface area contributed by atoms with E-state index in [0.717, 1.165) is 31.4 Å². The van der Waals surface area contributed by atoms with Crippen LogP contribution in [0.2, 0.25) is 0 Å². The van der Waals surface area contributed by atoms with Crippen molar-refractivity contribution < 1.29 is 23.1 Å². The van der Waals surface area contributed by atoms with E-state index in [-0.39, 0.29) is 11.5 Å². The zero-order chi connectivity index (χ0) is 17.0. The molecule has 3 nitrogen and oxygen atoms in total. The van der Waals surface area contributed by atoms with Crippen LogP contribution in [0.4, 0.5) is 13.2 Å². The molecule has 1 unspecified atom stereocenters. The predicted molar refractivity (Wildman–Crippen MR) is 78.6 cm³/mol. The van der Waals surface area contributed by atoms with Crippen LogP contribution in [0.15, 0.2) is 24.3 Å². The Balaban J connectivity index is 2.82. The average molecular weight is 317 g/mol. The molecule has 124 valence electrons. The van der Waals surface area contributed by atoms with Crippen molar-refractivity contribution >= 4 is 5.91 Å². The lowest BCUT2D eigenvalue weighted by Crippen LogP contribution is -2.39. The highest BCUT2D eigenvalue weighted by Crippen LogP contribution is 2.38. The smallest absolute Gasteiger partial charge is 0.376 e. The van der Waals surface area contributed by atoms with Crippen molar-refractivity contribution in [3.8, 4) is 0 Å². The Labute approximate surface area is 128 Å². The van der Waals surface area contributed by atoms with E-state index < -0.39 is 11.8 Å². The Morgan fingerprint density at radius 1 is 1.18 bits per heavy atom. The van der Waals surface area contributed by atoms with Crippen molar-refractivity contribution in [2.24, 2.45) is 0 Å². The Bertz CT molecular complexity index is 495. The number of carbonyl (C=O) groups excluding carboxylic acids is 1. The van der Waals surface area contributed by atoms with Gasteiger partial charge in [0.15, 0.2) is 5.60 Å². The molecule has 22 heavy (non-hydrogen) atoms. The number of amides is 1. The van der Waals surface area contributed by atoms with Gasteiger partial charge in [-0.05, 0) is 31.0 Å². The molecule has 0 heterocycles. The monoisotopic (exact) mass is 317 g/mol. The van der Waals surface area contributed by atoms with Crippen molar-refractivity contribution in [1.82, 2.24) is 4.90 Å². The molecule has 0 bridgehead atoms. The summed E-state index contributed by atoms with van der Waals surface area (Å²) in [5.41, 5.74) is -2.91. The lowest BCUT2D eigenvalue weighted by atomic mass is 9.94. The van der Waals surface area contributed by atoms with Gasteiger partial charge >= 0.3 is 6.18 Å². The minimum Gasteiger partial charge on any atom is -0.376 e. The fraction of sp³-hybridized carbons (Fsp3) is 0.562. The molecule has 1 N–H and O–H groups in total. The van der Waals surface area contributed by atoms with Gasteiger partial charge < -0.3 is 10.0 Å². The molecule has 0 aliphatic carbocycles. The van der Waals surface area contributed by atoms with Crippen LogP contribution in [0.5, 0.6) is 0 Å². The second kappa shape index (κ2) is 7.13. The van der Waals surface area contributed by atoms with Gasteiger partial charge in [-0.15, -0.1) is 0 Å². The van der Waals surface area contributed by atoms with Crippen LogP contribution in [0.3, 0.4) is 0 Å². The number of rotatable bonds is 6. The van der Waals surface area contributed by atoms with Crippen LogP contribution < -0.4 is 0 Å². The van der Waals surface area contributed by atoms with Crippen molar-refractivity contribution in [3.63, 3.8) is 0 Å². The van der Waals surface area contributed by atoms with Crippen LogP contribution in [-0.4, -0.2) is 35.7 Å². The minimum atomic E-state index is -4.77. The zero-order valence-electron chi connectivity index (χ0n) is 13.1. The van der Waals surface area contributed by atoms with Crippen LogP contribution in [0.25, 0.3) is 0 Å². The molecule has 0 aliphatic rings. The Morgan fingerprint density at radius 2 is 1.73 bits per heavy atom. The lowest BCUT2D eigenvalue weighted by molar-refractivity contribution is -0.258. The van der Waals surface area contributed by atoms with E-state index >= 15 is 0 Å². The van der Waals surface area contributed by atoms with Gasteiger partial charge in [-0.3, -0.25) is 4.79 Å². The first-order valence-electron chi connectivity index (χ1n) is 7.26. The number of benzene rings is 1. The molecule has 1 atom stereocenters. The predicted octanol–water partition coefficient (Wildman–Crippen LogP) is 3.72. The third-order valence-electron chi connectivity index (χ3n) is 3.69. The molecule has 0 spiro atoms. The molecular formula is C16H22F3NO2. The summed E-state index contributed by atoms with van der Waals surface area (Å²) in [5, 5.41) is 9.58. The van der Waals surface area contributed by atoms with Gasteiger partial charge in [0.1, 0.15) is 0 Å². The summed E-state index contributed by atoms with van der Waals surface area (Å²) < 4.78 is 38.3. The SMILES string of the molecule is CCCCCN(C)C(=O)c1ccc(C(C)(O)C(F)(F)F)cc1. The number of hydrogen-bond donors (Lipinski definition) is 1. The second-order valence-corrected chi connectivity index (χ2v) is 5.58. The molecule has 1 aromatic carbocycles. The van der Waals surface area contributed by atoms with Crippen LogP contribution >= 0.6 is 0 Å². The van der Waals surface area contributed by atoms with E-state index in [2.05, 4.69) is 6.92 Å². The molecule has 0 saturated heterocycles. The third-order valence-corrected chi connectivity index (χ3v) is 3.69. The van der Waals surface area contributed by atoms with Gasteiger partial charge in [-0.1, -0.05) is 31.9 Å². The quantitative estimate of drug-likeness (QED) is 0.812. The van der Waals surface area contributed by atoms with Crippen molar-refractivity contribution in [2.75, 3.05) is 13.6 Å². The molecule has 1 aromatic rings. The molecule has 0 saturated carbocycles. The van der Waals surface area contributed by atoms with Crippen LogP contribution in [0.1, 0.15) is 49.0 Å². The maximum absolute atomic E-state index is 12.8. The first-order chi connectivity index (χ1) is 10.1. The van der Waals surface area contributed by atoms with Crippen molar-refractivity contribution in [2.45, 2.75) is 44.9 Å². The van der Waals surface area contributed by atoms with E-state index in [1.165, 1.54) is 12.1 Å². The summed E-state index contributed by atoms with van der Waals surface area (Å²) in [4.78, 5) is 13.7. The Morgan fingerprint density at radius 3 is 2.18 bits per heavy atom. The van der Waals surface area contributed by atoms with Gasteiger partial charge in [0.25, 0.3) is 5.91 Å². The normalized spacial score (nSPS) is 14.5. The highest BCUT2D eigenvalue weighted by Gasteiger charge is 2.51. The molecule has 0 aromatic heterocycles. The average Bonchev–Trinajstić information content (AvgIpc) is 2.45. The lowest BCUT2D eigenvalue weighted by Gasteiger charge is -2.27. The standard InChI is InChI=1S/C16H22F3NO2/c1-4-5-6-11-20(3)14(21)12-7-9-13(10-8-12)15(2,22)16(17,18)19/h7-10,22H,4-6,11H2,1-3H3. The van der Waals surface area contributed by atoms with E-state index in [1.807, 2.05) is 0 Å². The van der Waals surface area contributed by atoms with E-state index in [0.29, 0.717) is 19.0 Å². The third kappa shape index (κ3) is 4.22. The van der Waals surface area contributed by atoms with Gasteiger partial charge in [0.2, 0.25) is 0 Å². The maximum atomic E-state index is 12.8.